The molecular formula is C17H18N2O3. The van der Waals surface area contributed by atoms with Crippen LogP contribution in [0.3, 0.4) is 0 Å². The Labute approximate surface area is 128 Å². The van der Waals surface area contributed by atoms with E-state index in [1.165, 1.54) is 6.26 Å². The molecule has 1 aromatic heterocycles. The lowest BCUT2D eigenvalue weighted by atomic mass is 10.1. The molecule has 1 heterocycles. The molecule has 0 bridgehead atoms. The number of hydrogen-bond acceptors (Lipinski definition) is 3. The van der Waals surface area contributed by atoms with Crippen LogP contribution in [0, 0.1) is 5.92 Å². The lowest BCUT2D eigenvalue weighted by molar-refractivity contribution is -0.119. The molecule has 3 rings (SSSR count). The van der Waals surface area contributed by atoms with Crippen LogP contribution < -0.4 is 10.6 Å². The molecule has 5 heteroatoms. The first-order valence-electron chi connectivity index (χ1n) is 7.48. The Balaban J connectivity index is 1.58. The number of nitrogens with one attached hydrogen (secondary N) is 2. The van der Waals surface area contributed by atoms with E-state index >= 15 is 0 Å². The highest BCUT2D eigenvalue weighted by Gasteiger charge is 2.22. The third-order valence-corrected chi connectivity index (χ3v) is 3.88. The molecule has 1 aliphatic carbocycles. The summed E-state index contributed by atoms with van der Waals surface area (Å²) >= 11 is 0. The molecule has 0 spiro atoms. The number of hydrogen-bond donors (Lipinski definition) is 2. The fourth-order valence-corrected chi connectivity index (χ4v) is 2.67. The van der Waals surface area contributed by atoms with Gasteiger partial charge < -0.3 is 15.1 Å². The van der Waals surface area contributed by atoms with Gasteiger partial charge >= 0.3 is 0 Å². The molecule has 1 aromatic carbocycles. The smallest absolute Gasteiger partial charge is 0.291 e. The van der Waals surface area contributed by atoms with Crippen LogP contribution in [0.4, 0.5) is 11.4 Å². The van der Waals surface area contributed by atoms with Gasteiger partial charge in [-0.3, -0.25) is 9.59 Å². The Morgan fingerprint density at radius 2 is 1.59 bits per heavy atom. The van der Waals surface area contributed by atoms with Crippen LogP contribution in [-0.2, 0) is 4.79 Å². The highest BCUT2D eigenvalue weighted by molar-refractivity contribution is 6.02. The third kappa shape index (κ3) is 3.36. The highest BCUT2D eigenvalue weighted by atomic mass is 16.3. The number of benzene rings is 1. The molecule has 2 N–H and O–H groups in total. The van der Waals surface area contributed by atoms with Gasteiger partial charge in [0.2, 0.25) is 5.91 Å². The highest BCUT2D eigenvalue weighted by Crippen LogP contribution is 2.26. The number of amides is 2. The average molecular weight is 298 g/mol. The molecule has 1 fully saturated rings. The second kappa shape index (κ2) is 6.47. The summed E-state index contributed by atoms with van der Waals surface area (Å²) in [5, 5.41) is 5.66. The van der Waals surface area contributed by atoms with E-state index in [4.69, 9.17) is 4.42 Å². The van der Waals surface area contributed by atoms with Crippen molar-refractivity contribution >= 4 is 23.2 Å². The topological polar surface area (TPSA) is 71.3 Å². The minimum absolute atomic E-state index is 0.0878. The quantitative estimate of drug-likeness (QED) is 0.904. The van der Waals surface area contributed by atoms with Crippen molar-refractivity contribution in [3.63, 3.8) is 0 Å². The predicted octanol–water partition coefficient (Wildman–Crippen LogP) is 3.66. The van der Waals surface area contributed by atoms with E-state index in [0.29, 0.717) is 5.69 Å². The van der Waals surface area contributed by atoms with Gasteiger partial charge in [0.1, 0.15) is 0 Å². The zero-order valence-corrected chi connectivity index (χ0v) is 12.2. The normalized spacial score (nSPS) is 14.7. The van der Waals surface area contributed by atoms with Gasteiger partial charge in [0, 0.05) is 17.3 Å². The first-order chi connectivity index (χ1) is 10.7. The summed E-state index contributed by atoms with van der Waals surface area (Å²) in [4.78, 5) is 23.9. The Kier molecular flexibility index (Phi) is 4.23. The maximum atomic E-state index is 12.0. The molecule has 2 amide bonds. The number of anilines is 2. The van der Waals surface area contributed by atoms with Crippen molar-refractivity contribution < 1.29 is 14.0 Å². The molecule has 0 aliphatic heterocycles. The summed E-state index contributed by atoms with van der Waals surface area (Å²) in [6.45, 7) is 0. The van der Waals surface area contributed by atoms with Crippen LogP contribution >= 0.6 is 0 Å². The number of carbonyl (C=O) groups excluding carboxylic acids is 2. The zero-order chi connectivity index (χ0) is 15.4. The molecule has 0 atom stereocenters. The minimum Gasteiger partial charge on any atom is -0.459 e. The van der Waals surface area contributed by atoms with Gasteiger partial charge in [0.25, 0.3) is 5.91 Å². The fraction of sp³-hybridized carbons (Fsp3) is 0.294. The van der Waals surface area contributed by atoms with Crippen molar-refractivity contribution in [1.82, 2.24) is 0 Å². The molecule has 0 unspecified atom stereocenters. The monoisotopic (exact) mass is 298 g/mol. The van der Waals surface area contributed by atoms with Crippen LogP contribution in [0.25, 0.3) is 0 Å². The third-order valence-electron chi connectivity index (χ3n) is 3.88. The number of carbonyl (C=O) groups is 2. The largest absolute Gasteiger partial charge is 0.459 e. The summed E-state index contributed by atoms with van der Waals surface area (Å²) in [7, 11) is 0. The molecule has 0 saturated heterocycles. The molecule has 114 valence electrons. The number of furan rings is 1. The molecule has 5 nitrogen and oxygen atoms in total. The van der Waals surface area contributed by atoms with Crippen LogP contribution in [0.5, 0.6) is 0 Å². The van der Waals surface area contributed by atoms with Crippen LogP contribution in [0.2, 0.25) is 0 Å². The fourth-order valence-electron chi connectivity index (χ4n) is 2.67. The second-order valence-corrected chi connectivity index (χ2v) is 5.48. The maximum absolute atomic E-state index is 12.0. The van der Waals surface area contributed by atoms with Crippen LogP contribution in [0.15, 0.2) is 47.1 Å². The van der Waals surface area contributed by atoms with Gasteiger partial charge in [-0.1, -0.05) is 12.8 Å². The van der Waals surface area contributed by atoms with Gasteiger partial charge in [-0.05, 0) is 49.2 Å². The van der Waals surface area contributed by atoms with Crippen molar-refractivity contribution in [2.75, 3.05) is 10.6 Å². The molecule has 1 aliphatic rings. The Morgan fingerprint density at radius 3 is 2.18 bits per heavy atom. The van der Waals surface area contributed by atoms with Crippen molar-refractivity contribution in [2.24, 2.45) is 5.92 Å². The standard InChI is InChI=1S/C17H18N2O3/c20-16(12-4-1-2-5-12)18-13-7-9-14(10-8-13)19-17(21)15-6-3-11-22-15/h3,6-12H,1-2,4-5H2,(H,18,20)(H,19,21). The lowest BCUT2D eigenvalue weighted by Crippen LogP contribution is -2.20. The maximum Gasteiger partial charge on any atom is 0.291 e. The van der Waals surface area contributed by atoms with Gasteiger partial charge in [-0.25, -0.2) is 0 Å². The zero-order valence-electron chi connectivity index (χ0n) is 12.2. The Morgan fingerprint density at radius 1 is 0.955 bits per heavy atom. The van der Waals surface area contributed by atoms with Crippen molar-refractivity contribution in [2.45, 2.75) is 25.7 Å². The van der Waals surface area contributed by atoms with E-state index < -0.39 is 0 Å². The Bertz CT molecular complexity index is 641. The molecule has 22 heavy (non-hydrogen) atoms. The van der Waals surface area contributed by atoms with E-state index in [0.717, 1.165) is 31.4 Å². The molecule has 2 aromatic rings. The van der Waals surface area contributed by atoms with Gasteiger partial charge in [0.15, 0.2) is 5.76 Å². The SMILES string of the molecule is O=C(Nc1ccc(NC(=O)C2CCCC2)cc1)c1ccco1. The van der Waals surface area contributed by atoms with Crippen LogP contribution in [0.1, 0.15) is 36.2 Å². The van der Waals surface area contributed by atoms with Crippen LogP contribution in [-0.4, -0.2) is 11.8 Å². The first-order valence-corrected chi connectivity index (χ1v) is 7.48. The summed E-state index contributed by atoms with van der Waals surface area (Å²) < 4.78 is 5.03. The van der Waals surface area contributed by atoms with Gasteiger partial charge in [-0.2, -0.15) is 0 Å². The van der Waals surface area contributed by atoms with E-state index in [-0.39, 0.29) is 23.5 Å². The van der Waals surface area contributed by atoms with Gasteiger partial charge in [-0.15, -0.1) is 0 Å². The van der Waals surface area contributed by atoms with Crippen molar-refractivity contribution in [3.05, 3.63) is 48.4 Å². The molecular weight excluding hydrogens is 280 g/mol. The first kappa shape index (κ1) is 14.4. The molecule has 0 radical (unpaired) electrons. The molecule has 1 saturated carbocycles. The minimum atomic E-state index is -0.298. The van der Waals surface area contributed by atoms with E-state index in [1.54, 1.807) is 36.4 Å². The van der Waals surface area contributed by atoms with E-state index in [2.05, 4.69) is 10.6 Å². The van der Waals surface area contributed by atoms with E-state index in [1.807, 2.05) is 0 Å². The predicted molar refractivity (Wildman–Crippen MR) is 83.7 cm³/mol. The Hall–Kier alpha value is -2.56. The lowest BCUT2D eigenvalue weighted by Gasteiger charge is -2.11. The van der Waals surface area contributed by atoms with Gasteiger partial charge in [0.05, 0.1) is 6.26 Å². The number of rotatable bonds is 4. The summed E-state index contributed by atoms with van der Waals surface area (Å²) in [5.41, 5.74) is 1.40. The summed E-state index contributed by atoms with van der Waals surface area (Å²) in [5.74, 6) is 0.189. The average Bonchev–Trinajstić information content (AvgIpc) is 3.23. The van der Waals surface area contributed by atoms with Crippen molar-refractivity contribution in [1.29, 1.82) is 0 Å². The summed E-state index contributed by atoms with van der Waals surface area (Å²) in [6, 6.07) is 10.3. The van der Waals surface area contributed by atoms with Crippen molar-refractivity contribution in [3.8, 4) is 0 Å². The second-order valence-electron chi connectivity index (χ2n) is 5.48. The summed E-state index contributed by atoms with van der Waals surface area (Å²) in [6.07, 6.45) is 5.68. The van der Waals surface area contributed by atoms with E-state index in [9.17, 15) is 9.59 Å².